The van der Waals surface area contributed by atoms with Crippen molar-refractivity contribution in [1.29, 1.82) is 0 Å². The van der Waals surface area contributed by atoms with Crippen molar-refractivity contribution in [3.8, 4) is 0 Å². The van der Waals surface area contributed by atoms with Gasteiger partial charge in [0.2, 0.25) is 0 Å². The second-order valence-corrected chi connectivity index (χ2v) is 4.69. The smallest absolute Gasteiger partial charge is 0.123 e. The van der Waals surface area contributed by atoms with Crippen molar-refractivity contribution in [2.45, 2.75) is 18.9 Å². The van der Waals surface area contributed by atoms with E-state index < -0.39 is 0 Å². The van der Waals surface area contributed by atoms with E-state index in [2.05, 4.69) is 21.2 Å². The number of unbranched alkanes of at least 4 members (excludes halogenated alkanes) is 1. The van der Waals surface area contributed by atoms with Crippen molar-refractivity contribution in [3.63, 3.8) is 0 Å². The van der Waals surface area contributed by atoms with E-state index in [1.165, 1.54) is 12.1 Å². The van der Waals surface area contributed by atoms with Crippen LogP contribution in [0.4, 0.5) is 4.39 Å². The third-order valence-corrected chi connectivity index (χ3v) is 3.27. The van der Waals surface area contributed by atoms with Crippen LogP contribution in [0.5, 0.6) is 0 Å². The average molecular weight is 305 g/mol. The van der Waals surface area contributed by atoms with Crippen LogP contribution >= 0.6 is 15.9 Å². The quantitative estimate of drug-likeness (QED) is 0.675. The Bertz CT molecular complexity index is 349. The Labute approximate surface area is 109 Å². The summed E-state index contributed by atoms with van der Waals surface area (Å²) in [5, 5.41) is 11.9. The average Bonchev–Trinajstić information content (AvgIpc) is 2.33. The van der Waals surface area contributed by atoms with Crippen LogP contribution in [-0.2, 0) is 0 Å². The molecular weight excluding hydrogens is 287 g/mol. The van der Waals surface area contributed by atoms with Gasteiger partial charge in [-0.1, -0.05) is 15.9 Å². The van der Waals surface area contributed by atoms with E-state index >= 15 is 0 Å². The molecule has 1 aromatic rings. The van der Waals surface area contributed by atoms with Crippen molar-refractivity contribution in [2.24, 2.45) is 5.73 Å². The van der Waals surface area contributed by atoms with Gasteiger partial charge in [0.15, 0.2) is 0 Å². The number of hydrogen-bond donors (Lipinski definition) is 3. The molecule has 17 heavy (non-hydrogen) atoms. The standard InChI is InChI=1S/C12H18BrFN2O/c13-11-4-3-9(14)7-10(11)12(8-15)16-5-1-2-6-17/h3-4,7,12,16-17H,1-2,5-6,8,15H2. The van der Waals surface area contributed by atoms with Gasteiger partial charge >= 0.3 is 0 Å². The molecule has 0 aliphatic rings. The van der Waals surface area contributed by atoms with Crippen LogP contribution in [0.1, 0.15) is 24.4 Å². The number of benzene rings is 1. The van der Waals surface area contributed by atoms with E-state index in [0.29, 0.717) is 6.54 Å². The van der Waals surface area contributed by atoms with Gasteiger partial charge in [0.05, 0.1) is 0 Å². The number of halogens is 2. The fraction of sp³-hybridized carbons (Fsp3) is 0.500. The van der Waals surface area contributed by atoms with Gasteiger partial charge in [-0.15, -0.1) is 0 Å². The number of hydrogen-bond acceptors (Lipinski definition) is 3. The van der Waals surface area contributed by atoms with Crippen LogP contribution < -0.4 is 11.1 Å². The van der Waals surface area contributed by atoms with Gasteiger partial charge in [-0.05, 0) is 43.1 Å². The molecule has 0 heterocycles. The summed E-state index contributed by atoms with van der Waals surface area (Å²) >= 11 is 3.39. The van der Waals surface area contributed by atoms with E-state index in [1.54, 1.807) is 6.07 Å². The van der Waals surface area contributed by atoms with Crippen LogP contribution in [0.3, 0.4) is 0 Å². The fourth-order valence-corrected chi connectivity index (χ4v) is 2.14. The van der Waals surface area contributed by atoms with Crippen molar-refractivity contribution < 1.29 is 9.50 Å². The van der Waals surface area contributed by atoms with Crippen molar-refractivity contribution in [2.75, 3.05) is 19.7 Å². The zero-order valence-corrected chi connectivity index (χ0v) is 11.2. The molecule has 1 rings (SSSR count). The van der Waals surface area contributed by atoms with Crippen LogP contribution in [-0.4, -0.2) is 24.8 Å². The van der Waals surface area contributed by atoms with Gasteiger partial charge in [0, 0.05) is 23.7 Å². The Morgan fingerprint density at radius 2 is 2.18 bits per heavy atom. The Kier molecular flexibility index (Phi) is 6.65. The van der Waals surface area contributed by atoms with E-state index in [0.717, 1.165) is 29.4 Å². The summed E-state index contributed by atoms with van der Waals surface area (Å²) in [4.78, 5) is 0. The van der Waals surface area contributed by atoms with Gasteiger partial charge in [-0.25, -0.2) is 4.39 Å². The van der Waals surface area contributed by atoms with Crippen LogP contribution in [0.2, 0.25) is 0 Å². The van der Waals surface area contributed by atoms with Gasteiger partial charge < -0.3 is 16.2 Å². The van der Waals surface area contributed by atoms with Crippen LogP contribution in [0.25, 0.3) is 0 Å². The molecule has 0 saturated carbocycles. The molecular formula is C12H18BrFN2O. The van der Waals surface area contributed by atoms with Gasteiger partial charge in [-0.3, -0.25) is 0 Å². The van der Waals surface area contributed by atoms with Crippen molar-refractivity contribution >= 4 is 15.9 Å². The first kappa shape index (κ1) is 14.6. The minimum atomic E-state index is -0.265. The molecule has 0 spiro atoms. The lowest BCUT2D eigenvalue weighted by Crippen LogP contribution is -2.29. The second-order valence-electron chi connectivity index (χ2n) is 3.84. The normalized spacial score (nSPS) is 12.7. The minimum absolute atomic E-state index is 0.0706. The number of aliphatic hydroxyl groups is 1. The van der Waals surface area contributed by atoms with E-state index in [1.807, 2.05) is 0 Å². The number of nitrogens with one attached hydrogen (secondary N) is 1. The molecule has 0 saturated heterocycles. The number of nitrogens with two attached hydrogens (primary N) is 1. The second kappa shape index (κ2) is 7.76. The van der Waals surface area contributed by atoms with E-state index in [-0.39, 0.29) is 18.5 Å². The largest absolute Gasteiger partial charge is 0.396 e. The monoisotopic (exact) mass is 304 g/mol. The molecule has 4 N–H and O–H groups in total. The Hall–Kier alpha value is -0.490. The lowest BCUT2D eigenvalue weighted by atomic mass is 10.1. The number of rotatable bonds is 7. The summed E-state index contributed by atoms with van der Waals surface area (Å²) < 4.78 is 14.0. The molecule has 1 aromatic carbocycles. The summed E-state index contributed by atoms with van der Waals surface area (Å²) in [6.45, 7) is 1.35. The third kappa shape index (κ3) is 4.71. The van der Waals surface area contributed by atoms with Crippen molar-refractivity contribution in [1.82, 2.24) is 5.32 Å². The van der Waals surface area contributed by atoms with E-state index in [9.17, 15) is 4.39 Å². The highest BCUT2D eigenvalue weighted by Gasteiger charge is 2.12. The summed E-state index contributed by atoms with van der Waals surface area (Å²) in [6, 6.07) is 4.51. The fourth-order valence-electron chi connectivity index (χ4n) is 1.61. The topological polar surface area (TPSA) is 58.3 Å². The molecule has 0 amide bonds. The van der Waals surface area contributed by atoms with Crippen LogP contribution in [0.15, 0.2) is 22.7 Å². The first-order chi connectivity index (χ1) is 8.19. The highest BCUT2D eigenvalue weighted by Crippen LogP contribution is 2.23. The third-order valence-electron chi connectivity index (χ3n) is 2.54. The van der Waals surface area contributed by atoms with Gasteiger partial charge in [0.25, 0.3) is 0 Å². The van der Waals surface area contributed by atoms with E-state index in [4.69, 9.17) is 10.8 Å². The van der Waals surface area contributed by atoms with Gasteiger partial charge in [0.1, 0.15) is 5.82 Å². The van der Waals surface area contributed by atoms with Crippen LogP contribution in [0, 0.1) is 5.82 Å². The molecule has 0 aliphatic heterocycles. The maximum atomic E-state index is 13.2. The maximum absolute atomic E-state index is 13.2. The molecule has 0 aliphatic carbocycles. The molecule has 1 atom stereocenters. The molecule has 96 valence electrons. The molecule has 0 aromatic heterocycles. The highest BCUT2D eigenvalue weighted by atomic mass is 79.9. The minimum Gasteiger partial charge on any atom is -0.396 e. The first-order valence-electron chi connectivity index (χ1n) is 5.68. The molecule has 5 heteroatoms. The molecule has 0 bridgehead atoms. The summed E-state index contributed by atoms with van der Waals surface area (Å²) in [7, 11) is 0. The lowest BCUT2D eigenvalue weighted by molar-refractivity contribution is 0.282. The Balaban J connectivity index is 2.62. The lowest BCUT2D eigenvalue weighted by Gasteiger charge is -2.18. The summed E-state index contributed by atoms with van der Waals surface area (Å²) in [5.74, 6) is -0.265. The number of aliphatic hydroxyl groups excluding tert-OH is 1. The van der Waals surface area contributed by atoms with Crippen molar-refractivity contribution in [3.05, 3.63) is 34.1 Å². The molecule has 3 nitrogen and oxygen atoms in total. The zero-order valence-electron chi connectivity index (χ0n) is 9.63. The highest BCUT2D eigenvalue weighted by molar-refractivity contribution is 9.10. The predicted octanol–water partition coefficient (Wildman–Crippen LogP) is 1.95. The molecule has 1 unspecified atom stereocenters. The Morgan fingerprint density at radius 3 is 2.82 bits per heavy atom. The first-order valence-corrected chi connectivity index (χ1v) is 6.47. The Morgan fingerprint density at radius 1 is 1.41 bits per heavy atom. The summed E-state index contributed by atoms with van der Waals surface area (Å²) in [5.41, 5.74) is 6.51. The maximum Gasteiger partial charge on any atom is 0.123 e. The SMILES string of the molecule is NCC(NCCCCO)c1cc(F)ccc1Br. The molecule has 0 fully saturated rings. The summed E-state index contributed by atoms with van der Waals surface area (Å²) in [6.07, 6.45) is 1.63. The predicted molar refractivity (Wildman–Crippen MR) is 70.2 cm³/mol. The zero-order chi connectivity index (χ0) is 12.7. The molecule has 0 radical (unpaired) electrons. The van der Waals surface area contributed by atoms with Gasteiger partial charge in [-0.2, -0.15) is 0 Å².